The van der Waals surface area contributed by atoms with Crippen molar-refractivity contribution in [3.8, 4) is 0 Å². The Morgan fingerprint density at radius 1 is 1.26 bits per heavy atom. The molecule has 1 fully saturated rings. The van der Waals surface area contributed by atoms with Gasteiger partial charge in [-0.25, -0.2) is 4.98 Å². The molecule has 27 heavy (non-hydrogen) atoms. The number of rotatable bonds is 1. The molecule has 0 radical (unpaired) electrons. The van der Waals surface area contributed by atoms with Crippen LogP contribution in [-0.4, -0.2) is 38.8 Å². The van der Waals surface area contributed by atoms with Crippen molar-refractivity contribution in [3.63, 3.8) is 0 Å². The first-order valence-corrected chi connectivity index (χ1v) is 9.65. The standard InChI is InChI=1S/C21H26N4O2/c1-20(2,3)19-23-16-14(17(26)24-19)8-10-21(16)9-6-12-25(13-21)18(27)15-7-4-5-11-22-15/h4-5,7,11H,6,8-10,12-13H2,1-3H3,(H,23,24,26). The van der Waals surface area contributed by atoms with Gasteiger partial charge in [0.05, 0.1) is 5.69 Å². The second-order valence-electron chi connectivity index (χ2n) is 8.82. The van der Waals surface area contributed by atoms with Gasteiger partial charge in [0.1, 0.15) is 11.5 Å². The van der Waals surface area contributed by atoms with Gasteiger partial charge in [-0.1, -0.05) is 26.8 Å². The van der Waals surface area contributed by atoms with Crippen molar-refractivity contribution < 1.29 is 4.79 Å². The quantitative estimate of drug-likeness (QED) is 0.841. The van der Waals surface area contributed by atoms with Crippen molar-refractivity contribution >= 4 is 5.91 Å². The second-order valence-corrected chi connectivity index (χ2v) is 8.82. The maximum atomic E-state index is 12.9. The Bertz CT molecular complexity index is 929. The predicted octanol–water partition coefficient (Wildman–Crippen LogP) is 2.58. The number of aromatic nitrogens is 3. The van der Waals surface area contributed by atoms with Crippen LogP contribution in [0.5, 0.6) is 0 Å². The lowest BCUT2D eigenvalue weighted by molar-refractivity contribution is 0.0627. The molecule has 142 valence electrons. The third-order valence-electron chi connectivity index (χ3n) is 5.83. The molecule has 4 rings (SSSR count). The molecule has 2 aromatic rings. The Morgan fingerprint density at radius 2 is 2.07 bits per heavy atom. The van der Waals surface area contributed by atoms with Gasteiger partial charge in [-0.05, 0) is 37.8 Å². The number of fused-ring (bicyclic) bond motifs is 2. The molecule has 1 aliphatic heterocycles. The lowest BCUT2D eigenvalue weighted by atomic mass is 9.77. The van der Waals surface area contributed by atoms with Crippen LogP contribution in [0.2, 0.25) is 0 Å². The first-order valence-electron chi connectivity index (χ1n) is 9.65. The molecule has 1 unspecified atom stereocenters. The van der Waals surface area contributed by atoms with Crippen LogP contribution in [0.4, 0.5) is 0 Å². The van der Waals surface area contributed by atoms with Crippen molar-refractivity contribution in [2.45, 2.75) is 57.3 Å². The summed E-state index contributed by atoms with van der Waals surface area (Å²) in [5.41, 5.74) is 1.73. The summed E-state index contributed by atoms with van der Waals surface area (Å²) in [5.74, 6) is 0.685. The summed E-state index contributed by atoms with van der Waals surface area (Å²) >= 11 is 0. The average molecular weight is 366 g/mol. The smallest absolute Gasteiger partial charge is 0.272 e. The van der Waals surface area contributed by atoms with Gasteiger partial charge in [0, 0.05) is 35.7 Å². The van der Waals surface area contributed by atoms with E-state index in [1.54, 1.807) is 12.3 Å². The summed E-state index contributed by atoms with van der Waals surface area (Å²) in [6.45, 7) is 7.49. The van der Waals surface area contributed by atoms with Crippen LogP contribution in [0.3, 0.4) is 0 Å². The van der Waals surface area contributed by atoms with Gasteiger partial charge in [0.25, 0.3) is 11.5 Å². The van der Waals surface area contributed by atoms with Crippen LogP contribution in [0, 0.1) is 0 Å². The number of nitrogens with zero attached hydrogens (tertiary/aromatic N) is 3. The molecule has 1 spiro atoms. The summed E-state index contributed by atoms with van der Waals surface area (Å²) < 4.78 is 0. The number of aromatic amines is 1. The first kappa shape index (κ1) is 17.9. The summed E-state index contributed by atoms with van der Waals surface area (Å²) in [4.78, 5) is 39.6. The highest BCUT2D eigenvalue weighted by Crippen LogP contribution is 2.43. The number of amides is 1. The van der Waals surface area contributed by atoms with E-state index in [1.165, 1.54) is 0 Å². The zero-order valence-corrected chi connectivity index (χ0v) is 16.2. The summed E-state index contributed by atoms with van der Waals surface area (Å²) in [6.07, 6.45) is 5.13. The molecule has 3 heterocycles. The number of hydrogen-bond donors (Lipinski definition) is 1. The summed E-state index contributed by atoms with van der Waals surface area (Å²) in [5, 5.41) is 0. The molecule has 6 heteroatoms. The van der Waals surface area contributed by atoms with E-state index in [0.29, 0.717) is 12.2 Å². The highest BCUT2D eigenvalue weighted by molar-refractivity contribution is 5.92. The SMILES string of the molecule is CC(C)(C)c1nc2c(c(=O)[nH]1)CCC21CCCN(C(=O)c2ccccn2)C1. The first-order chi connectivity index (χ1) is 12.8. The van der Waals surface area contributed by atoms with Crippen molar-refractivity contribution in [2.75, 3.05) is 13.1 Å². The van der Waals surface area contributed by atoms with Crippen LogP contribution in [0.1, 0.15) is 67.6 Å². The second kappa shape index (κ2) is 6.29. The van der Waals surface area contributed by atoms with Gasteiger partial charge in [0.2, 0.25) is 0 Å². The number of H-pyrrole nitrogens is 1. The fourth-order valence-electron chi connectivity index (χ4n) is 4.36. The topological polar surface area (TPSA) is 79.0 Å². The van der Waals surface area contributed by atoms with Crippen molar-refractivity contribution in [1.82, 2.24) is 19.9 Å². The molecule has 1 amide bonds. The Hall–Kier alpha value is -2.50. The maximum absolute atomic E-state index is 12.9. The van der Waals surface area contributed by atoms with Crippen LogP contribution in [-0.2, 0) is 17.3 Å². The van der Waals surface area contributed by atoms with E-state index >= 15 is 0 Å². The zero-order chi connectivity index (χ0) is 19.2. The normalized spacial score (nSPS) is 22.1. The summed E-state index contributed by atoms with van der Waals surface area (Å²) in [6, 6.07) is 5.40. The minimum Gasteiger partial charge on any atom is -0.336 e. The van der Waals surface area contributed by atoms with Gasteiger partial charge in [-0.15, -0.1) is 0 Å². The third kappa shape index (κ3) is 3.07. The fraction of sp³-hybridized carbons (Fsp3) is 0.524. The van der Waals surface area contributed by atoms with Crippen molar-refractivity contribution in [1.29, 1.82) is 0 Å². The molecule has 2 aromatic heterocycles. The monoisotopic (exact) mass is 366 g/mol. The number of hydrogen-bond acceptors (Lipinski definition) is 4. The maximum Gasteiger partial charge on any atom is 0.272 e. The van der Waals surface area contributed by atoms with Crippen LogP contribution < -0.4 is 5.56 Å². The van der Waals surface area contributed by atoms with Crippen LogP contribution in [0.15, 0.2) is 29.2 Å². The molecule has 0 aromatic carbocycles. The molecule has 0 bridgehead atoms. The number of carbonyl (C=O) groups excluding carboxylic acids is 1. The van der Waals surface area contributed by atoms with Gasteiger partial charge in [0.15, 0.2) is 0 Å². The molecular formula is C21H26N4O2. The molecule has 1 atom stereocenters. The Morgan fingerprint density at radius 3 is 2.78 bits per heavy atom. The molecule has 1 N–H and O–H groups in total. The van der Waals surface area contributed by atoms with E-state index in [1.807, 2.05) is 17.0 Å². The molecule has 0 saturated carbocycles. The number of nitrogens with one attached hydrogen (secondary N) is 1. The van der Waals surface area contributed by atoms with E-state index in [4.69, 9.17) is 4.98 Å². The largest absolute Gasteiger partial charge is 0.336 e. The Labute approximate surface area is 159 Å². The van der Waals surface area contributed by atoms with Crippen molar-refractivity contribution in [3.05, 3.63) is 57.5 Å². The lowest BCUT2D eigenvalue weighted by Crippen LogP contribution is -2.48. The van der Waals surface area contributed by atoms with E-state index in [0.717, 1.165) is 49.3 Å². The number of likely N-dealkylation sites (tertiary alicyclic amines) is 1. The van der Waals surface area contributed by atoms with Gasteiger partial charge in [-0.2, -0.15) is 0 Å². The highest BCUT2D eigenvalue weighted by atomic mass is 16.2. The molecule has 1 saturated heterocycles. The summed E-state index contributed by atoms with van der Waals surface area (Å²) in [7, 11) is 0. The minimum atomic E-state index is -0.226. The number of carbonyl (C=O) groups is 1. The van der Waals surface area contributed by atoms with Gasteiger partial charge in [-0.3, -0.25) is 14.6 Å². The number of piperidine rings is 1. The van der Waals surface area contributed by atoms with Gasteiger partial charge < -0.3 is 9.88 Å². The average Bonchev–Trinajstić information content (AvgIpc) is 3.00. The van der Waals surface area contributed by atoms with E-state index in [-0.39, 0.29) is 22.3 Å². The van der Waals surface area contributed by atoms with Crippen LogP contribution >= 0.6 is 0 Å². The van der Waals surface area contributed by atoms with E-state index < -0.39 is 0 Å². The zero-order valence-electron chi connectivity index (χ0n) is 16.2. The molecular weight excluding hydrogens is 340 g/mol. The number of pyridine rings is 1. The van der Waals surface area contributed by atoms with Gasteiger partial charge >= 0.3 is 0 Å². The lowest BCUT2D eigenvalue weighted by Gasteiger charge is -2.40. The molecule has 2 aliphatic rings. The minimum absolute atomic E-state index is 0.0185. The Kier molecular flexibility index (Phi) is 4.17. The third-order valence-corrected chi connectivity index (χ3v) is 5.83. The Balaban J connectivity index is 1.71. The fourth-order valence-corrected chi connectivity index (χ4v) is 4.36. The molecule has 6 nitrogen and oxygen atoms in total. The highest BCUT2D eigenvalue weighted by Gasteiger charge is 2.46. The van der Waals surface area contributed by atoms with E-state index in [2.05, 4.69) is 30.7 Å². The predicted molar refractivity (Wildman–Crippen MR) is 103 cm³/mol. The molecule has 1 aliphatic carbocycles. The van der Waals surface area contributed by atoms with Crippen molar-refractivity contribution in [2.24, 2.45) is 0 Å². The van der Waals surface area contributed by atoms with E-state index in [9.17, 15) is 9.59 Å². The van der Waals surface area contributed by atoms with Crippen LogP contribution in [0.25, 0.3) is 0 Å².